The summed E-state index contributed by atoms with van der Waals surface area (Å²) in [6.45, 7) is 2.33. The van der Waals surface area contributed by atoms with E-state index in [1.54, 1.807) is 0 Å². The smallest absolute Gasteiger partial charge is 0.0926 e. The number of fused-ring (bicyclic) bond motifs is 1. The lowest BCUT2D eigenvalue weighted by Crippen LogP contribution is -2.29. The van der Waals surface area contributed by atoms with Crippen LogP contribution in [-0.4, -0.2) is 22.9 Å². The molecule has 0 radical (unpaired) electrons. The van der Waals surface area contributed by atoms with Gasteiger partial charge in [-0.3, -0.25) is 4.68 Å². The first-order valence-electron chi connectivity index (χ1n) is 6.46. The van der Waals surface area contributed by atoms with Crippen LogP contribution >= 0.6 is 0 Å². The molecule has 17 heavy (non-hydrogen) atoms. The summed E-state index contributed by atoms with van der Waals surface area (Å²) in [5, 5.41) is 9.33. The molecule has 3 heteroatoms. The lowest BCUT2D eigenvalue weighted by Gasteiger charge is -2.22. The molecule has 3 rings (SSSR count). The first kappa shape index (κ1) is 10.8. The minimum absolute atomic E-state index is 0.815. The lowest BCUT2D eigenvalue weighted by atomic mass is 9.92. The predicted octanol–water partition coefficient (Wildman–Crippen LogP) is 2.12. The van der Waals surface area contributed by atoms with Gasteiger partial charge in [-0.05, 0) is 44.3 Å². The Morgan fingerprint density at radius 3 is 2.88 bits per heavy atom. The van der Waals surface area contributed by atoms with Gasteiger partial charge in [0.25, 0.3) is 0 Å². The Kier molecular flexibility index (Phi) is 2.85. The summed E-state index contributed by atoms with van der Waals surface area (Å²) in [7, 11) is 2.07. The van der Waals surface area contributed by atoms with Gasteiger partial charge in [-0.25, -0.2) is 0 Å². The highest BCUT2D eigenvalue weighted by molar-refractivity contribution is 5.81. The zero-order valence-electron chi connectivity index (χ0n) is 10.3. The number of piperidine rings is 1. The highest BCUT2D eigenvalue weighted by atomic mass is 15.3. The van der Waals surface area contributed by atoms with Crippen molar-refractivity contribution < 1.29 is 0 Å². The van der Waals surface area contributed by atoms with Gasteiger partial charge in [0.15, 0.2) is 0 Å². The summed E-state index contributed by atoms with van der Waals surface area (Å²) in [5.74, 6) is 0.815. The maximum Gasteiger partial charge on any atom is 0.0926 e. The molecule has 0 bridgehead atoms. The van der Waals surface area contributed by atoms with E-state index in [0.717, 1.165) is 11.4 Å². The number of hydrogen-bond donors (Lipinski definition) is 1. The van der Waals surface area contributed by atoms with Gasteiger partial charge >= 0.3 is 0 Å². The fraction of sp³-hybridized carbons (Fsp3) is 0.500. The number of nitrogens with zero attached hydrogens (tertiary/aromatic N) is 2. The maximum absolute atomic E-state index is 4.58. The molecule has 1 aliphatic heterocycles. The zero-order chi connectivity index (χ0) is 11.7. The van der Waals surface area contributed by atoms with E-state index >= 15 is 0 Å². The monoisotopic (exact) mass is 229 g/mol. The average molecular weight is 229 g/mol. The fourth-order valence-electron chi connectivity index (χ4n) is 2.80. The molecule has 2 aromatic rings. The second-order valence-electron chi connectivity index (χ2n) is 4.98. The van der Waals surface area contributed by atoms with E-state index in [4.69, 9.17) is 0 Å². The molecule has 2 heterocycles. The Morgan fingerprint density at radius 2 is 2.06 bits per heavy atom. The Bertz CT molecular complexity index is 509. The predicted molar refractivity (Wildman–Crippen MR) is 70.0 cm³/mol. The number of aryl methyl sites for hydroxylation is 1. The molecule has 1 aromatic heterocycles. The van der Waals surface area contributed by atoms with Crippen molar-refractivity contribution in [1.29, 1.82) is 0 Å². The van der Waals surface area contributed by atoms with Gasteiger partial charge in [0.1, 0.15) is 0 Å². The summed E-state index contributed by atoms with van der Waals surface area (Å²) in [4.78, 5) is 0. The van der Waals surface area contributed by atoms with Crippen LogP contribution in [-0.2, 0) is 13.5 Å². The van der Waals surface area contributed by atoms with Crippen molar-refractivity contribution in [2.24, 2.45) is 13.0 Å². The standard InChI is InChI=1S/C14H19N3/c1-17-14(10-11-6-8-15-9-7-11)12-4-2-3-5-13(12)16-17/h2-5,11,15H,6-10H2,1H3. The van der Waals surface area contributed by atoms with Crippen LogP contribution < -0.4 is 5.32 Å². The summed E-state index contributed by atoms with van der Waals surface area (Å²) in [6, 6.07) is 8.46. The van der Waals surface area contributed by atoms with Crippen molar-refractivity contribution in [1.82, 2.24) is 15.1 Å². The van der Waals surface area contributed by atoms with Crippen molar-refractivity contribution in [2.45, 2.75) is 19.3 Å². The van der Waals surface area contributed by atoms with Gasteiger partial charge in [-0.2, -0.15) is 5.10 Å². The number of aromatic nitrogens is 2. The number of rotatable bonds is 2. The summed E-state index contributed by atoms with van der Waals surface area (Å²) >= 11 is 0. The van der Waals surface area contributed by atoms with E-state index in [1.807, 2.05) is 0 Å². The number of nitrogens with one attached hydrogen (secondary N) is 1. The third kappa shape index (κ3) is 2.07. The first-order chi connectivity index (χ1) is 8.34. The Balaban J connectivity index is 1.90. The van der Waals surface area contributed by atoms with Crippen molar-refractivity contribution in [3.8, 4) is 0 Å². The summed E-state index contributed by atoms with van der Waals surface area (Å²) in [6.07, 6.45) is 3.75. The van der Waals surface area contributed by atoms with E-state index in [1.165, 1.54) is 43.4 Å². The van der Waals surface area contributed by atoms with Gasteiger partial charge in [0, 0.05) is 18.1 Å². The molecule has 0 spiro atoms. The number of benzene rings is 1. The molecule has 1 saturated heterocycles. The summed E-state index contributed by atoms with van der Waals surface area (Å²) in [5.41, 5.74) is 2.52. The third-order valence-electron chi connectivity index (χ3n) is 3.80. The number of hydrogen-bond acceptors (Lipinski definition) is 2. The highest BCUT2D eigenvalue weighted by Crippen LogP contribution is 2.23. The van der Waals surface area contributed by atoms with Gasteiger partial charge < -0.3 is 5.32 Å². The molecule has 1 N–H and O–H groups in total. The van der Waals surface area contributed by atoms with Crippen LogP contribution in [0.5, 0.6) is 0 Å². The largest absolute Gasteiger partial charge is 0.317 e. The van der Waals surface area contributed by atoms with E-state index in [2.05, 4.69) is 46.4 Å². The zero-order valence-corrected chi connectivity index (χ0v) is 10.3. The van der Waals surface area contributed by atoms with E-state index in [0.29, 0.717) is 0 Å². The Hall–Kier alpha value is -1.35. The minimum Gasteiger partial charge on any atom is -0.317 e. The van der Waals surface area contributed by atoms with Crippen LogP contribution in [0.2, 0.25) is 0 Å². The highest BCUT2D eigenvalue weighted by Gasteiger charge is 2.17. The van der Waals surface area contributed by atoms with Gasteiger partial charge in [-0.15, -0.1) is 0 Å². The van der Waals surface area contributed by atoms with Crippen LogP contribution in [0.4, 0.5) is 0 Å². The van der Waals surface area contributed by atoms with Gasteiger partial charge in [0.2, 0.25) is 0 Å². The van der Waals surface area contributed by atoms with Gasteiger partial charge in [0.05, 0.1) is 5.52 Å². The SMILES string of the molecule is Cn1nc2ccccc2c1CC1CCNCC1. The molecule has 0 amide bonds. The molecular formula is C14H19N3. The Labute approximate surface area is 102 Å². The molecule has 1 aliphatic rings. The van der Waals surface area contributed by atoms with Crippen LogP contribution in [0.3, 0.4) is 0 Å². The lowest BCUT2D eigenvalue weighted by molar-refractivity contribution is 0.367. The van der Waals surface area contributed by atoms with E-state index in [9.17, 15) is 0 Å². The minimum atomic E-state index is 0.815. The van der Waals surface area contributed by atoms with Crippen molar-refractivity contribution in [3.05, 3.63) is 30.0 Å². The molecule has 0 atom stereocenters. The molecule has 90 valence electrons. The van der Waals surface area contributed by atoms with Crippen LogP contribution in [0.25, 0.3) is 10.9 Å². The van der Waals surface area contributed by atoms with Gasteiger partial charge in [-0.1, -0.05) is 18.2 Å². The third-order valence-corrected chi connectivity index (χ3v) is 3.80. The fourth-order valence-corrected chi connectivity index (χ4v) is 2.80. The quantitative estimate of drug-likeness (QED) is 0.855. The van der Waals surface area contributed by atoms with E-state index in [-0.39, 0.29) is 0 Å². The molecule has 1 aromatic carbocycles. The summed E-state index contributed by atoms with van der Waals surface area (Å²) < 4.78 is 2.06. The molecule has 0 saturated carbocycles. The van der Waals surface area contributed by atoms with Crippen LogP contribution in [0, 0.1) is 5.92 Å². The molecule has 1 fully saturated rings. The van der Waals surface area contributed by atoms with Crippen molar-refractivity contribution >= 4 is 10.9 Å². The molecule has 3 nitrogen and oxygen atoms in total. The average Bonchev–Trinajstić information content (AvgIpc) is 2.68. The topological polar surface area (TPSA) is 29.9 Å². The van der Waals surface area contributed by atoms with E-state index < -0.39 is 0 Å². The van der Waals surface area contributed by atoms with Crippen LogP contribution in [0.1, 0.15) is 18.5 Å². The molecular weight excluding hydrogens is 210 g/mol. The first-order valence-corrected chi connectivity index (χ1v) is 6.46. The molecule has 0 aliphatic carbocycles. The maximum atomic E-state index is 4.58. The Morgan fingerprint density at radius 1 is 1.29 bits per heavy atom. The second-order valence-corrected chi connectivity index (χ2v) is 4.98. The molecule has 0 unspecified atom stereocenters. The van der Waals surface area contributed by atoms with Crippen molar-refractivity contribution in [3.63, 3.8) is 0 Å². The normalized spacial score (nSPS) is 17.7. The second kappa shape index (κ2) is 4.49. The van der Waals surface area contributed by atoms with Crippen LogP contribution in [0.15, 0.2) is 24.3 Å². The van der Waals surface area contributed by atoms with Crippen molar-refractivity contribution in [2.75, 3.05) is 13.1 Å².